The van der Waals surface area contributed by atoms with Gasteiger partial charge in [0.1, 0.15) is 6.61 Å². The first-order valence-corrected chi connectivity index (χ1v) is 10.5. The Labute approximate surface area is 186 Å². The van der Waals surface area contributed by atoms with Gasteiger partial charge in [-0.2, -0.15) is 0 Å². The number of benzene rings is 3. The minimum Gasteiger partial charge on any atom is -0.490 e. The lowest BCUT2D eigenvalue weighted by atomic mass is 10.1. The molecule has 0 heterocycles. The standard InChI is InChI=1S/C23H22Cl3NO2/c1-2-28-22-12-16(13-27-14-17-7-3-5-9-19(17)24)11-21(26)23(22)29-15-18-8-4-6-10-20(18)25/h3-12,27H,2,13-15H2,1H3. The Hall–Kier alpha value is -1.91. The molecule has 29 heavy (non-hydrogen) atoms. The number of halogens is 3. The lowest BCUT2D eigenvalue weighted by molar-refractivity contribution is 0.269. The van der Waals surface area contributed by atoms with Gasteiger partial charge in [0, 0.05) is 28.7 Å². The van der Waals surface area contributed by atoms with E-state index in [1.807, 2.05) is 67.6 Å². The molecule has 6 heteroatoms. The molecule has 0 aliphatic carbocycles. The minimum atomic E-state index is 0.309. The van der Waals surface area contributed by atoms with Crippen LogP contribution in [0.5, 0.6) is 11.5 Å². The molecule has 3 nitrogen and oxygen atoms in total. The molecule has 0 saturated carbocycles. The minimum absolute atomic E-state index is 0.309. The molecule has 1 N–H and O–H groups in total. The van der Waals surface area contributed by atoms with Crippen LogP contribution in [0.25, 0.3) is 0 Å². The van der Waals surface area contributed by atoms with E-state index < -0.39 is 0 Å². The third-order valence-electron chi connectivity index (χ3n) is 4.30. The highest BCUT2D eigenvalue weighted by Crippen LogP contribution is 2.37. The van der Waals surface area contributed by atoms with Crippen LogP contribution in [-0.2, 0) is 19.7 Å². The van der Waals surface area contributed by atoms with E-state index in [1.54, 1.807) is 0 Å². The molecule has 3 rings (SSSR count). The molecule has 0 aromatic heterocycles. The summed E-state index contributed by atoms with van der Waals surface area (Å²) in [6.07, 6.45) is 0. The third kappa shape index (κ3) is 6.03. The molecule has 0 saturated heterocycles. The summed E-state index contributed by atoms with van der Waals surface area (Å²) in [5, 5.41) is 5.28. The van der Waals surface area contributed by atoms with E-state index in [4.69, 9.17) is 44.3 Å². The average molecular weight is 451 g/mol. The molecule has 0 fully saturated rings. The fraction of sp³-hybridized carbons (Fsp3) is 0.217. The monoisotopic (exact) mass is 449 g/mol. The molecule has 0 amide bonds. The van der Waals surface area contributed by atoms with Crippen molar-refractivity contribution in [3.05, 3.63) is 92.4 Å². The fourth-order valence-corrected chi connectivity index (χ4v) is 3.56. The lowest BCUT2D eigenvalue weighted by Crippen LogP contribution is -2.13. The second-order valence-corrected chi connectivity index (χ2v) is 7.63. The second-order valence-electron chi connectivity index (χ2n) is 6.41. The van der Waals surface area contributed by atoms with E-state index in [2.05, 4.69) is 5.32 Å². The molecule has 0 aliphatic rings. The highest BCUT2D eigenvalue weighted by atomic mass is 35.5. The smallest absolute Gasteiger partial charge is 0.180 e. The first kappa shape index (κ1) is 21.8. The molecule has 0 spiro atoms. The quantitative estimate of drug-likeness (QED) is 0.384. The first-order valence-electron chi connectivity index (χ1n) is 9.34. The van der Waals surface area contributed by atoms with Crippen LogP contribution in [-0.4, -0.2) is 6.61 Å². The summed E-state index contributed by atoms with van der Waals surface area (Å²) in [5.41, 5.74) is 2.93. The maximum absolute atomic E-state index is 6.51. The van der Waals surface area contributed by atoms with E-state index in [0.717, 1.165) is 21.7 Å². The molecular formula is C23H22Cl3NO2. The molecular weight excluding hydrogens is 429 g/mol. The van der Waals surface area contributed by atoms with Gasteiger partial charge < -0.3 is 14.8 Å². The van der Waals surface area contributed by atoms with Crippen LogP contribution < -0.4 is 14.8 Å². The Kier molecular flexibility index (Phi) is 8.08. The largest absolute Gasteiger partial charge is 0.490 e. The summed E-state index contributed by atoms with van der Waals surface area (Å²) in [6, 6.07) is 19.1. The van der Waals surface area contributed by atoms with E-state index >= 15 is 0 Å². The van der Waals surface area contributed by atoms with Crippen LogP contribution >= 0.6 is 34.8 Å². The molecule has 0 unspecified atom stereocenters. The van der Waals surface area contributed by atoms with Crippen molar-refractivity contribution in [2.75, 3.05) is 6.61 Å². The van der Waals surface area contributed by atoms with Crippen molar-refractivity contribution < 1.29 is 9.47 Å². The van der Waals surface area contributed by atoms with Crippen LogP contribution in [0, 0.1) is 0 Å². The predicted molar refractivity (Wildman–Crippen MR) is 120 cm³/mol. The Balaban J connectivity index is 1.70. The average Bonchev–Trinajstić information content (AvgIpc) is 2.70. The van der Waals surface area contributed by atoms with Crippen molar-refractivity contribution in [1.82, 2.24) is 5.32 Å². The van der Waals surface area contributed by atoms with E-state index in [1.165, 1.54) is 0 Å². The highest BCUT2D eigenvalue weighted by molar-refractivity contribution is 6.32. The molecule has 0 atom stereocenters. The molecule has 0 aliphatic heterocycles. The van der Waals surface area contributed by atoms with Crippen LogP contribution in [0.15, 0.2) is 60.7 Å². The maximum atomic E-state index is 6.51. The summed E-state index contributed by atoms with van der Waals surface area (Å²) in [5.74, 6) is 1.13. The van der Waals surface area contributed by atoms with Gasteiger partial charge in [-0.1, -0.05) is 71.2 Å². The molecule has 3 aromatic rings. The van der Waals surface area contributed by atoms with Gasteiger partial charge in [-0.15, -0.1) is 0 Å². The Morgan fingerprint density at radius 3 is 2.07 bits per heavy atom. The van der Waals surface area contributed by atoms with Crippen molar-refractivity contribution >= 4 is 34.8 Å². The van der Waals surface area contributed by atoms with Crippen molar-refractivity contribution in [3.8, 4) is 11.5 Å². The number of rotatable bonds is 9. The predicted octanol–water partition coefficient (Wildman–Crippen LogP) is 6.91. The van der Waals surface area contributed by atoms with Crippen LogP contribution in [0.3, 0.4) is 0 Å². The summed E-state index contributed by atoms with van der Waals surface area (Å²) < 4.78 is 11.7. The molecule has 0 bridgehead atoms. The summed E-state index contributed by atoms with van der Waals surface area (Å²) in [7, 11) is 0. The van der Waals surface area contributed by atoms with Crippen LogP contribution in [0.4, 0.5) is 0 Å². The van der Waals surface area contributed by atoms with Crippen molar-refractivity contribution in [1.29, 1.82) is 0 Å². The normalized spacial score (nSPS) is 10.8. The number of nitrogens with one attached hydrogen (secondary N) is 1. The van der Waals surface area contributed by atoms with E-state index in [9.17, 15) is 0 Å². The zero-order valence-electron chi connectivity index (χ0n) is 16.1. The van der Waals surface area contributed by atoms with Gasteiger partial charge >= 0.3 is 0 Å². The number of ether oxygens (including phenoxy) is 2. The van der Waals surface area contributed by atoms with Gasteiger partial charge in [0.2, 0.25) is 0 Å². The highest BCUT2D eigenvalue weighted by Gasteiger charge is 2.14. The number of hydrogen-bond acceptors (Lipinski definition) is 3. The third-order valence-corrected chi connectivity index (χ3v) is 5.32. The topological polar surface area (TPSA) is 30.5 Å². The second kappa shape index (κ2) is 10.7. The Morgan fingerprint density at radius 2 is 1.41 bits per heavy atom. The van der Waals surface area contributed by atoms with E-state index in [0.29, 0.717) is 47.8 Å². The van der Waals surface area contributed by atoms with Gasteiger partial charge in [-0.3, -0.25) is 0 Å². The van der Waals surface area contributed by atoms with Crippen molar-refractivity contribution in [2.45, 2.75) is 26.6 Å². The lowest BCUT2D eigenvalue weighted by Gasteiger charge is -2.16. The molecule has 3 aromatic carbocycles. The summed E-state index contributed by atoms with van der Waals surface area (Å²) in [4.78, 5) is 0. The zero-order chi connectivity index (χ0) is 20.6. The van der Waals surface area contributed by atoms with Gasteiger partial charge in [-0.25, -0.2) is 0 Å². The fourth-order valence-electron chi connectivity index (χ4n) is 2.88. The summed E-state index contributed by atoms with van der Waals surface area (Å²) >= 11 is 18.9. The summed E-state index contributed by atoms with van der Waals surface area (Å²) in [6.45, 7) is 4.02. The maximum Gasteiger partial charge on any atom is 0.180 e. The number of hydrogen-bond donors (Lipinski definition) is 1. The van der Waals surface area contributed by atoms with Gasteiger partial charge in [0.15, 0.2) is 11.5 Å². The van der Waals surface area contributed by atoms with Crippen LogP contribution in [0.2, 0.25) is 15.1 Å². The van der Waals surface area contributed by atoms with E-state index in [-0.39, 0.29) is 0 Å². The zero-order valence-corrected chi connectivity index (χ0v) is 18.3. The Morgan fingerprint density at radius 1 is 0.759 bits per heavy atom. The SMILES string of the molecule is CCOc1cc(CNCc2ccccc2Cl)cc(Cl)c1OCc1ccccc1Cl. The van der Waals surface area contributed by atoms with Gasteiger partial charge in [0.05, 0.1) is 11.6 Å². The van der Waals surface area contributed by atoms with Gasteiger partial charge in [0.25, 0.3) is 0 Å². The van der Waals surface area contributed by atoms with Gasteiger partial charge in [-0.05, 0) is 42.3 Å². The molecule has 0 radical (unpaired) electrons. The van der Waals surface area contributed by atoms with Crippen molar-refractivity contribution in [3.63, 3.8) is 0 Å². The van der Waals surface area contributed by atoms with Crippen LogP contribution in [0.1, 0.15) is 23.6 Å². The Bertz CT molecular complexity index is 963. The molecule has 152 valence electrons. The van der Waals surface area contributed by atoms with Crippen molar-refractivity contribution in [2.24, 2.45) is 0 Å². The first-order chi connectivity index (χ1) is 14.1.